The van der Waals surface area contributed by atoms with Crippen molar-refractivity contribution in [3.63, 3.8) is 0 Å². The van der Waals surface area contributed by atoms with Gasteiger partial charge in [0.05, 0.1) is 0 Å². The number of rotatable bonds is 5. The molecule has 0 radical (unpaired) electrons. The molecule has 0 fully saturated rings. The van der Waals surface area contributed by atoms with Crippen molar-refractivity contribution in [1.29, 1.82) is 0 Å². The average Bonchev–Trinajstić information content (AvgIpc) is 2.50. The molecule has 6 nitrogen and oxygen atoms in total. The Hall–Kier alpha value is -1.51. The number of aliphatic imine (C=N–C) groups is 1. The first-order valence-electron chi connectivity index (χ1n) is 8.15. The number of nitrogens with one attached hydrogen (secondary N) is 2. The van der Waals surface area contributed by atoms with Gasteiger partial charge in [0.1, 0.15) is 5.60 Å². The molecule has 0 spiro atoms. The van der Waals surface area contributed by atoms with Crippen molar-refractivity contribution in [2.24, 2.45) is 4.99 Å². The Balaban J connectivity index is 0.00000576. The van der Waals surface area contributed by atoms with E-state index in [2.05, 4.69) is 46.8 Å². The summed E-state index contributed by atoms with van der Waals surface area (Å²) in [4.78, 5) is 17.6. The number of ether oxygens (including phenoxy) is 1. The van der Waals surface area contributed by atoms with E-state index in [0.717, 1.165) is 0 Å². The lowest BCUT2D eigenvalue weighted by atomic mass is 10.1. The number of aryl methyl sites for hydroxylation is 1. The van der Waals surface area contributed by atoms with E-state index in [1.807, 2.05) is 20.8 Å². The first kappa shape index (κ1) is 23.5. The Morgan fingerprint density at radius 3 is 2.32 bits per heavy atom. The second-order valence-corrected chi connectivity index (χ2v) is 6.74. The average molecular weight is 462 g/mol. The zero-order chi connectivity index (χ0) is 18.2. The maximum atomic E-state index is 11.9. The minimum absolute atomic E-state index is 0. The third-order valence-electron chi connectivity index (χ3n) is 3.25. The van der Waals surface area contributed by atoms with Crippen LogP contribution in [-0.4, -0.2) is 49.7 Å². The molecule has 0 heterocycles. The van der Waals surface area contributed by atoms with E-state index in [0.29, 0.717) is 25.6 Å². The molecule has 0 aliphatic rings. The van der Waals surface area contributed by atoms with Crippen LogP contribution in [0.4, 0.5) is 4.79 Å². The Morgan fingerprint density at radius 2 is 1.80 bits per heavy atom. The molecule has 25 heavy (non-hydrogen) atoms. The standard InChI is InChI=1S/C18H30N4O2.HI/c1-14-7-9-15(10-8-14)13-21-16(19-5)20-11-12-22(6)17(23)24-18(2,3)4;/h7-10H,11-13H2,1-6H3,(H2,19,20,21);1H. The second kappa shape index (κ2) is 11.2. The van der Waals surface area contributed by atoms with Crippen LogP contribution in [0, 0.1) is 6.92 Å². The largest absolute Gasteiger partial charge is 0.444 e. The van der Waals surface area contributed by atoms with Gasteiger partial charge in [-0.05, 0) is 33.3 Å². The summed E-state index contributed by atoms with van der Waals surface area (Å²) in [5.41, 5.74) is 1.95. The van der Waals surface area contributed by atoms with Crippen LogP contribution in [-0.2, 0) is 11.3 Å². The van der Waals surface area contributed by atoms with Crippen molar-refractivity contribution in [1.82, 2.24) is 15.5 Å². The molecule has 1 amide bonds. The molecule has 1 aromatic carbocycles. The fourth-order valence-corrected chi connectivity index (χ4v) is 1.89. The lowest BCUT2D eigenvalue weighted by Gasteiger charge is -2.24. The summed E-state index contributed by atoms with van der Waals surface area (Å²) in [7, 11) is 3.44. The maximum Gasteiger partial charge on any atom is 0.410 e. The molecule has 0 atom stereocenters. The maximum absolute atomic E-state index is 11.9. The van der Waals surface area contributed by atoms with E-state index in [4.69, 9.17) is 4.74 Å². The van der Waals surface area contributed by atoms with Crippen LogP contribution < -0.4 is 10.6 Å². The number of guanidine groups is 1. The molecule has 142 valence electrons. The molecule has 0 saturated carbocycles. The quantitative estimate of drug-likeness (QED) is 0.401. The SMILES string of the molecule is CN=C(NCCN(C)C(=O)OC(C)(C)C)NCc1ccc(C)cc1.I. The summed E-state index contributed by atoms with van der Waals surface area (Å²) < 4.78 is 5.31. The monoisotopic (exact) mass is 462 g/mol. The van der Waals surface area contributed by atoms with Gasteiger partial charge in [-0.1, -0.05) is 29.8 Å². The van der Waals surface area contributed by atoms with E-state index in [1.54, 1.807) is 19.0 Å². The van der Waals surface area contributed by atoms with Gasteiger partial charge in [0.2, 0.25) is 0 Å². The van der Waals surface area contributed by atoms with E-state index in [-0.39, 0.29) is 30.1 Å². The number of benzene rings is 1. The molecule has 0 aliphatic heterocycles. The Morgan fingerprint density at radius 1 is 1.20 bits per heavy atom. The summed E-state index contributed by atoms with van der Waals surface area (Å²) in [6.45, 7) is 9.44. The highest BCUT2D eigenvalue weighted by atomic mass is 127. The number of carbonyl (C=O) groups excluding carboxylic acids is 1. The van der Waals surface area contributed by atoms with Crippen molar-refractivity contribution >= 4 is 36.0 Å². The molecule has 0 bridgehead atoms. The van der Waals surface area contributed by atoms with Crippen LogP contribution in [0.1, 0.15) is 31.9 Å². The molecule has 2 N–H and O–H groups in total. The van der Waals surface area contributed by atoms with Gasteiger partial charge < -0.3 is 20.3 Å². The van der Waals surface area contributed by atoms with E-state index in [1.165, 1.54) is 11.1 Å². The fourth-order valence-electron chi connectivity index (χ4n) is 1.89. The van der Waals surface area contributed by atoms with Gasteiger partial charge in [-0.3, -0.25) is 4.99 Å². The van der Waals surface area contributed by atoms with Crippen LogP contribution in [0.5, 0.6) is 0 Å². The lowest BCUT2D eigenvalue weighted by Crippen LogP contribution is -2.42. The highest BCUT2D eigenvalue weighted by molar-refractivity contribution is 14.0. The Labute approximate surface area is 168 Å². The van der Waals surface area contributed by atoms with Crippen molar-refractivity contribution in [3.05, 3.63) is 35.4 Å². The molecule has 7 heteroatoms. The highest BCUT2D eigenvalue weighted by Crippen LogP contribution is 2.08. The third kappa shape index (κ3) is 10.2. The topological polar surface area (TPSA) is 66.0 Å². The molecular formula is C18H31IN4O2. The second-order valence-electron chi connectivity index (χ2n) is 6.74. The molecule has 1 aromatic rings. The van der Waals surface area contributed by atoms with Gasteiger partial charge in [0.25, 0.3) is 0 Å². The molecule has 0 aliphatic carbocycles. The Kier molecular flexibility index (Phi) is 10.5. The normalized spacial score (nSPS) is 11.4. The lowest BCUT2D eigenvalue weighted by molar-refractivity contribution is 0.0302. The summed E-state index contributed by atoms with van der Waals surface area (Å²) in [6, 6.07) is 8.35. The number of hydrogen-bond acceptors (Lipinski definition) is 3. The van der Waals surface area contributed by atoms with Gasteiger partial charge in [0.15, 0.2) is 5.96 Å². The number of nitrogens with zero attached hydrogens (tertiary/aromatic N) is 2. The number of likely N-dealkylation sites (N-methyl/N-ethyl adjacent to an activating group) is 1. The van der Waals surface area contributed by atoms with Crippen LogP contribution in [0.2, 0.25) is 0 Å². The molecule has 0 saturated heterocycles. The van der Waals surface area contributed by atoms with Crippen LogP contribution >= 0.6 is 24.0 Å². The van der Waals surface area contributed by atoms with Gasteiger partial charge in [-0.2, -0.15) is 0 Å². The van der Waals surface area contributed by atoms with Crippen LogP contribution in [0.15, 0.2) is 29.3 Å². The van der Waals surface area contributed by atoms with E-state index < -0.39 is 5.60 Å². The van der Waals surface area contributed by atoms with Crippen molar-refractivity contribution in [3.8, 4) is 0 Å². The van der Waals surface area contributed by atoms with Crippen molar-refractivity contribution < 1.29 is 9.53 Å². The van der Waals surface area contributed by atoms with Gasteiger partial charge in [-0.15, -0.1) is 24.0 Å². The smallest absolute Gasteiger partial charge is 0.410 e. The van der Waals surface area contributed by atoms with Crippen LogP contribution in [0.25, 0.3) is 0 Å². The van der Waals surface area contributed by atoms with Crippen LogP contribution in [0.3, 0.4) is 0 Å². The zero-order valence-corrected chi connectivity index (χ0v) is 18.4. The number of amides is 1. The summed E-state index contributed by atoms with van der Waals surface area (Å²) in [5.74, 6) is 0.702. The summed E-state index contributed by atoms with van der Waals surface area (Å²) in [5, 5.41) is 6.44. The minimum Gasteiger partial charge on any atom is -0.444 e. The first-order chi connectivity index (χ1) is 11.2. The predicted octanol–water partition coefficient (Wildman–Crippen LogP) is 3.14. The number of hydrogen-bond donors (Lipinski definition) is 2. The number of carbonyl (C=O) groups is 1. The fraction of sp³-hybridized carbons (Fsp3) is 0.556. The predicted molar refractivity (Wildman–Crippen MR) is 114 cm³/mol. The van der Waals surface area contributed by atoms with Crippen molar-refractivity contribution in [2.75, 3.05) is 27.2 Å². The zero-order valence-electron chi connectivity index (χ0n) is 16.0. The molecule has 0 aromatic heterocycles. The molecule has 0 unspecified atom stereocenters. The molecule has 1 rings (SSSR count). The van der Waals surface area contributed by atoms with Gasteiger partial charge in [0, 0.05) is 33.7 Å². The van der Waals surface area contributed by atoms with Gasteiger partial charge >= 0.3 is 6.09 Å². The summed E-state index contributed by atoms with van der Waals surface area (Å²) >= 11 is 0. The highest BCUT2D eigenvalue weighted by Gasteiger charge is 2.19. The first-order valence-corrected chi connectivity index (χ1v) is 8.15. The Bertz CT molecular complexity index is 553. The van der Waals surface area contributed by atoms with E-state index in [9.17, 15) is 4.79 Å². The third-order valence-corrected chi connectivity index (χ3v) is 3.25. The van der Waals surface area contributed by atoms with Crippen molar-refractivity contribution in [2.45, 2.75) is 39.8 Å². The van der Waals surface area contributed by atoms with E-state index >= 15 is 0 Å². The minimum atomic E-state index is -0.482. The number of halogens is 1. The summed E-state index contributed by atoms with van der Waals surface area (Å²) in [6.07, 6.45) is -0.327. The molecular weight excluding hydrogens is 431 g/mol. The van der Waals surface area contributed by atoms with Gasteiger partial charge in [-0.25, -0.2) is 4.79 Å².